The molecule has 0 heterocycles. The number of hydrogen-bond donors (Lipinski definition) is 0. The molecule has 0 radical (unpaired) electrons. The third kappa shape index (κ3) is 5.03. The standard InChI is InChI=1S/C20H21F/c1-2-3-4-5-6-7-8-17-9-11-18(12-10-17)19-13-15-20(21)16-14-19/h2-3,5-6,9-16H,4,7-8H2,1H3. The van der Waals surface area contributed by atoms with E-state index in [9.17, 15) is 4.39 Å². The first-order valence-electron chi connectivity index (χ1n) is 7.40. The average Bonchev–Trinajstić information content (AvgIpc) is 2.52. The van der Waals surface area contributed by atoms with Crippen LogP contribution in [-0.4, -0.2) is 0 Å². The van der Waals surface area contributed by atoms with Gasteiger partial charge in [-0.1, -0.05) is 60.7 Å². The van der Waals surface area contributed by atoms with E-state index in [2.05, 4.69) is 48.6 Å². The van der Waals surface area contributed by atoms with Crippen molar-refractivity contribution in [2.24, 2.45) is 0 Å². The third-order valence-electron chi connectivity index (χ3n) is 3.41. The molecular weight excluding hydrogens is 259 g/mol. The Morgan fingerprint density at radius 1 is 0.810 bits per heavy atom. The van der Waals surface area contributed by atoms with Crippen molar-refractivity contribution in [3.05, 3.63) is 84.2 Å². The highest BCUT2D eigenvalue weighted by Crippen LogP contribution is 2.20. The van der Waals surface area contributed by atoms with E-state index in [0.717, 1.165) is 30.4 Å². The molecule has 0 N–H and O–H groups in total. The van der Waals surface area contributed by atoms with Crippen molar-refractivity contribution in [1.29, 1.82) is 0 Å². The Hall–Kier alpha value is -2.15. The van der Waals surface area contributed by atoms with Crippen LogP contribution in [0.3, 0.4) is 0 Å². The minimum Gasteiger partial charge on any atom is -0.207 e. The zero-order valence-electron chi connectivity index (χ0n) is 12.4. The summed E-state index contributed by atoms with van der Waals surface area (Å²) in [6, 6.07) is 15.1. The van der Waals surface area contributed by atoms with Crippen molar-refractivity contribution in [1.82, 2.24) is 0 Å². The topological polar surface area (TPSA) is 0 Å². The van der Waals surface area contributed by atoms with Crippen molar-refractivity contribution in [3.8, 4) is 11.1 Å². The lowest BCUT2D eigenvalue weighted by molar-refractivity contribution is 0.628. The van der Waals surface area contributed by atoms with Crippen LogP contribution in [0.25, 0.3) is 11.1 Å². The molecular formula is C20H21F. The van der Waals surface area contributed by atoms with Gasteiger partial charge in [-0.3, -0.25) is 0 Å². The van der Waals surface area contributed by atoms with Crippen molar-refractivity contribution in [2.45, 2.75) is 26.2 Å². The van der Waals surface area contributed by atoms with Crippen LogP contribution in [0.4, 0.5) is 4.39 Å². The lowest BCUT2D eigenvalue weighted by atomic mass is 10.0. The predicted octanol–water partition coefficient (Wildman–Crippen LogP) is 5.95. The van der Waals surface area contributed by atoms with E-state index in [1.165, 1.54) is 17.7 Å². The van der Waals surface area contributed by atoms with E-state index >= 15 is 0 Å². The van der Waals surface area contributed by atoms with Crippen LogP contribution < -0.4 is 0 Å². The van der Waals surface area contributed by atoms with Gasteiger partial charge in [0.15, 0.2) is 0 Å². The number of halogens is 1. The maximum Gasteiger partial charge on any atom is 0.123 e. The van der Waals surface area contributed by atoms with E-state index in [1.54, 1.807) is 0 Å². The molecule has 0 aromatic heterocycles. The van der Waals surface area contributed by atoms with Gasteiger partial charge >= 0.3 is 0 Å². The van der Waals surface area contributed by atoms with E-state index in [4.69, 9.17) is 0 Å². The van der Waals surface area contributed by atoms with Crippen molar-refractivity contribution in [2.75, 3.05) is 0 Å². The van der Waals surface area contributed by atoms with Crippen LogP contribution >= 0.6 is 0 Å². The Bertz CT molecular complexity index is 589. The van der Waals surface area contributed by atoms with Crippen LogP contribution in [0.15, 0.2) is 72.8 Å². The van der Waals surface area contributed by atoms with Crippen molar-refractivity contribution >= 4 is 0 Å². The summed E-state index contributed by atoms with van der Waals surface area (Å²) in [6.07, 6.45) is 11.8. The summed E-state index contributed by atoms with van der Waals surface area (Å²) < 4.78 is 12.9. The Labute approximate surface area is 126 Å². The SMILES string of the molecule is CC=CCC=CCCc1ccc(-c2ccc(F)cc2)cc1. The Morgan fingerprint density at radius 3 is 2.05 bits per heavy atom. The van der Waals surface area contributed by atoms with Gasteiger partial charge < -0.3 is 0 Å². The number of aryl methyl sites for hydroxylation is 1. The second-order valence-corrected chi connectivity index (χ2v) is 5.02. The molecule has 0 aliphatic carbocycles. The molecule has 0 atom stereocenters. The molecule has 108 valence electrons. The molecule has 0 saturated carbocycles. The second-order valence-electron chi connectivity index (χ2n) is 5.02. The smallest absolute Gasteiger partial charge is 0.123 e. The first-order chi connectivity index (χ1) is 10.3. The summed E-state index contributed by atoms with van der Waals surface area (Å²) >= 11 is 0. The number of allylic oxidation sites excluding steroid dienone is 4. The van der Waals surface area contributed by atoms with Crippen molar-refractivity contribution < 1.29 is 4.39 Å². The molecule has 0 amide bonds. The molecule has 2 aromatic rings. The molecule has 0 aliphatic rings. The largest absolute Gasteiger partial charge is 0.207 e. The molecule has 2 rings (SSSR count). The summed E-state index contributed by atoms with van der Waals surface area (Å²) in [5, 5.41) is 0. The van der Waals surface area contributed by atoms with Crippen molar-refractivity contribution in [3.63, 3.8) is 0 Å². The number of hydrogen-bond acceptors (Lipinski definition) is 0. The summed E-state index contributed by atoms with van der Waals surface area (Å²) in [5.74, 6) is -0.194. The lowest BCUT2D eigenvalue weighted by Crippen LogP contribution is -1.84. The van der Waals surface area contributed by atoms with Gasteiger partial charge in [0.1, 0.15) is 5.82 Å². The van der Waals surface area contributed by atoms with Gasteiger partial charge in [-0.05, 0) is 55.0 Å². The fraction of sp³-hybridized carbons (Fsp3) is 0.200. The van der Waals surface area contributed by atoms with Crippen LogP contribution in [0.1, 0.15) is 25.3 Å². The predicted molar refractivity (Wildman–Crippen MR) is 88.7 cm³/mol. The second kappa shape index (κ2) is 8.21. The van der Waals surface area contributed by atoms with Gasteiger partial charge in [0, 0.05) is 0 Å². The van der Waals surface area contributed by atoms with Crippen LogP contribution in [-0.2, 0) is 6.42 Å². The van der Waals surface area contributed by atoms with Crippen LogP contribution in [0.2, 0.25) is 0 Å². The maximum atomic E-state index is 12.9. The Balaban J connectivity index is 1.90. The summed E-state index contributed by atoms with van der Waals surface area (Å²) in [4.78, 5) is 0. The monoisotopic (exact) mass is 280 g/mol. The minimum absolute atomic E-state index is 0.194. The summed E-state index contributed by atoms with van der Waals surface area (Å²) in [5.41, 5.74) is 3.51. The van der Waals surface area contributed by atoms with E-state index < -0.39 is 0 Å². The van der Waals surface area contributed by atoms with E-state index in [-0.39, 0.29) is 5.82 Å². The first kappa shape index (κ1) is 15.2. The highest BCUT2D eigenvalue weighted by atomic mass is 19.1. The number of benzene rings is 2. The van der Waals surface area contributed by atoms with Crippen LogP contribution in [0.5, 0.6) is 0 Å². The van der Waals surface area contributed by atoms with Gasteiger partial charge in [-0.2, -0.15) is 0 Å². The zero-order chi connectivity index (χ0) is 14.9. The normalized spacial score (nSPS) is 11.5. The first-order valence-corrected chi connectivity index (χ1v) is 7.40. The summed E-state index contributed by atoms with van der Waals surface area (Å²) in [7, 11) is 0. The molecule has 0 unspecified atom stereocenters. The van der Waals surface area contributed by atoms with Gasteiger partial charge in [-0.25, -0.2) is 4.39 Å². The van der Waals surface area contributed by atoms with Gasteiger partial charge in [-0.15, -0.1) is 0 Å². The quantitative estimate of drug-likeness (QED) is 0.574. The molecule has 0 bridgehead atoms. The van der Waals surface area contributed by atoms with E-state index in [1.807, 2.05) is 19.1 Å². The summed E-state index contributed by atoms with van der Waals surface area (Å²) in [6.45, 7) is 2.04. The average molecular weight is 280 g/mol. The van der Waals surface area contributed by atoms with Crippen LogP contribution in [0, 0.1) is 5.82 Å². The van der Waals surface area contributed by atoms with Gasteiger partial charge in [0.05, 0.1) is 0 Å². The molecule has 0 nitrogen and oxygen atoms in total. The maximum absolute atomic E-state index is 12.9. The Morgan fingerprint density at radius 2 is 1.43 bits per heavy atom. The molecule has 21 heavy (non-hydrogen) atoms. The van der Waals surface area contributed by atoms with E-state index in [0.29, 0.717) is 0 Å². The van der Waals surface area contributed by atoms with Gasteiger partial charge in [0.2, 0.25) is 0 Å². The molecule has 0 spiro atoms. The highest BCUT2D eigenvalue weighted by molar-refractivity contribution is 5.63. The molecule has 2 aromatic carbocycles. The molecule has 0 fully saturated rings. The third-order valence-corrected chi connectivity index (χ3v) is 3.41. The molecule has 0 saturated heterocycles. The molecule has 0 aliphatic heterocycles. The lowest BCUT2D eigenvalue weighted by Gasteiger charge is -2.04. The zero-order valence-corrected chi connectivity index (χ0v) is 12.4. The molecule has 1 heteroatoms. The number of rotatable bonds is 6. The fourth-order valence-corrected chi connectivity index (χ4v) is 2.18. The highest BCUT2D eigenvalue weighted by Gasteiger charge is 1.98. The Kier molecular flexibility index (Phi) is 5.96. The fourth-order valence-electron chi connectivity index (χ4n) is 2.18. The minimum atomic E-state index is -0.194. The van der Waals surface area contributed by atoms with Gasteiger partial charge in [0.25, 0.3) is 0 Å².